The maximum atomic E-state index is 11.0. The Morgan fingerprint density at radius 1 is 1.50 bits per heavy atom. The van der Waals surface area contributed by atoms with E-state index in [0.717, 1.165) is 6.26 Å². The minimum Gasteiger partial charge on any atom is -0.481 e. The molecule has 0 aromatic heterocycles. The first-order chi connectivity index (χ1) is 6.57. The Hall–Kier alpha value is -1.80. The van der Waals surface area contributed by atoms with E-state index in [1.807, 2.05) is 0 Å². The van der Waals surface area contributed by atoms with Crippen LogP contribution in [0.4, 0.5) is 0 Å². The molecule has 0 heterocycles. The number of esters is 1. The van der Waals surface area contributed by atoms with Crippen molar-refractivity contribution in [1.29, 1.82) is 0 Å². The molecule has 14 heavy (non-hydrogen) atoms. The predicted molar refractivity (Wildman–Crippen MR) is 50.4 cm³/mol. The van der Waals surface area contributed by atoms with Crippen molar-refractivity contribution in [3.8, 4) is 0 Å². The summed E-state index contributed by atoms with van der Waals surface area (Å²) in [5.41, 5.74) is 2.69. The van der Waals surface area contributed by atoms with Gasteiger partial charge in [0, 0.05) is 12.0 Å². The van der Waals surface area contributed by atoms with Crippen LogP contribution in [0.25, 0.3) is 0 Å². The molecule has 0 aromatic rings. The second kappa shape index (κ2) is 6.69. The maximum Gasteiger partial charge on any atom is 0.338 e. The van der Waals surface area contributed by atoms with Gasteiger partial charge in [0.25, 0.3) is 0 Å². The molecule has 0 aliphatic carbocycles. The molecule has 0 aliphatic heterocycles. The van der Waals surface area contributed by atoms with Crippen molar-refractivity contribution >= 4 is 11.9 Å². The Balaban J connectivity index is 3.94. The third-order valence-electron chi connectivity index (χ3n) is 1.33. The zero-order chi connectivity index (χ0) is 11.0. The highest BCUT2D eigenvalue weighted by Crippen LogP contribution is 2.04. The summed E-state index contributed by atoms with van der Waals surface area (Å²) < 4.78 is 4.58. The van der Waals surface area contributed by atoms with Crippen LogP contribution in [0.1, 0.15) is 19.8 Å². The van der Waals surface area contributed by atoms with Crippen LogP contribution in [0, 0.1) is 0 Å². The molecule has 0 saturated carbocycles. The van der Waals surface area contributed by atoms with E-state index in [9.17, 15) is 9.59 Å². The molecule has 4 heteroatoms. The number of rotatable bonds is 5. The minimum absolute atomic E-state index is 0.0951. The molecule has 0 aromatic carbocycles. The van der Waals surface area contributed by atoms with Crippen LogP contribution in [0.5, 0.6) is 0 Å². The Kier molecular flexibility index (Phi) is 5.83. The zero-order valence-electron chi connectivity index (χ0n) is 7.95. The highest BCUT2D eigenvalue weighted by Gasteiger charge is 2.08. The van der Waals surface area contributed by atoms with E-state index in [1.165, 1.54) is 0 Å². The first-order valence-corrected chi connectivity index (χ1v) is 4.04. The summed E-state index contributed by atoms with van der Waals surface area (Å²) in [5, 5.41) is 8.34. The number of ether oxygens (including phenoxy) is 1. The van der Waals surface area contributed by atoms with Crippen molar-refractivity contribution in [2.45, 2.75) is 19.8 Å². The number of carbonyl (C=O) groups excluding carboxylic acids is 1. The average Bonchev–Trinajstić information content (AvgIpc) is 2.14. The molecule has 0 atom stereocenters. The molecule has 0 unspecified atom stereocenters. The lowest BCUT2D eigenvalue weighted by molar-refractivity contribution is -0.137. The number of carboxylic acid groups (broad SMARTS) is 1. The van der Waals surface area contributed by atoms with Gasteiger partial charge in [0.2, 0.25) is 0 Å². The van der Waals surface area contributed by atoms with Crippen LogP contribution in [-0.4, -0.2) is 17.0 Å². The molecular formula is C10H12O4. The normalized spacial score (nSPS) is 8.36. The van der Waals surface area contributed by atoms with Gasteiger partial charge in [0.05, 0.1) is 0 Å². The van der Waals surface area contributed by atoms with Gasteiger partial charge in [-0.25, -0.2) is 4.79 Å². The first-order valence-electron chi connectivity index (χ1n) is 4.04. The molecule has 1 N–H and O–H groups in total. The molecular weight excluding hydrogens is 184 g/mol. The fourth-order valence-electron chi connectivity index (χ4n) is 0.599. The lowest BCUT2D eigenvalue weighted by Gasteiger charge is -1.99. The quantitative estimate of drug-likeness (QED) is 0.314. The van der Waals surface area contributed by atoms with Gasteiger partial charge < -0.3 is 9.84 Å². The minimum atomic E-state index is -0.969. The van der Waals surface area contributed by atoms with Crippen LogP contribution in [0.3, 0.4) is 0 Å². The number of aliphatic carboxylic acids is 1. The van der Waals surface area contributed by atoms with Crippen molar-refractivity contribution in [2.24, 2.45) is 0 Å². The smallest absolute Gasteiger partial charge is 0.338 e. The van der Waals surface area contributed by atoms with E-state index in [0.29, 0.717) is 0 Å². The summed E-state index contributed by atoms with van der Waals surface area (Å²) in [7, 11) is 0. The summed E-state index contributed by atoms with van der Waals surface area (Å²) in [5.74, 6) is -1.59. The Morgan fingerprint density at radius 2 is 2.14 bits per heavy atom. The van der Waals surface area contributed by atoms with Gasteiger partial charge in [-0.1, -0.05) is 12.3 Å². The third-order valence-corrected chi connectivity index (χ3v) is 1.33. The fourth-order valence-corrected chi connectivity index (χ4v) is 0.599. The molecule has 0 saturated heterocycles. The molecule has 0 spiro atoms. The summed E-state index contributed by atoms with van der Waals surface area (Å²) in [6, 6.07) is 0. The van der Waals surface area contributed by atoms with E-state index in [1.54, 1.807) is 13.0 Å². The number of carbonyl (C=O) groups is 2. The Bertz CT molecular complexity index is 295. The van der Waals surface area contributed by atoms with E-state index in [4.69, 9.17) is 5.11 Å². The van der Waals surface area contributed by atoms with Crippen LogP contribution in [-0.2, 0) is 14.3 Å². The van der Waals surface area contributed by atoms with Crippen molar-refractivity contribution in [3.63, 3.8) is 0 Å². The monoisotopic (exact) mass is 196 g/mol. The van der Waals surface area contributed by atoms with Gasteiger partial charge in [0.15, 0.2) is 0 Å². The van der Waals surface area contributed by atoms with Crippen LogP contribution < -0.4 is 0 Å². The van der Waals surface area contributed by atoms with Crippen LogP contribution in [0.15, 0.2) is 30.2 Å². The van der Waals surface area contributed by atoms with Gasteiger partial charge in [-0.05, 0) is 19.4 Å². The lowest BCUT2D eigenvalue weighted by atomic mass is 10.2. The summed E-state index contributed by atoms with van der Waals surface area (Å²) in [6.07, 6.45) is 2.65. The number of hydrogen-bond donors (Lipinski definition) is 1. The second-order valence-electron chi connectivity index (χ2n) is 2.48. The first kappa shape index (κ1) is 12.2. The molecule has 0 radical (unpaired) electrons. The van der Waals surface area contributed by atoms with Crippen molar-refractivity contribution in [3.05, 3.63) is 30.2 Å². The van der Waals surface area contributed by atoms with Gasteiger partial charge in [-0.15, -0.1) is 0 Å². The standard InChI is InChI=1S/C10H12O4/c1-3-4-7-14-10(13)8(2)5-6-9(11)12/h3,7H,2,5-6H2,1H3,(H,11,12). The van der Waals surface area contributed by atoms with Crippen molar-refractivity contribution < 1.29 is 19.4 Å². The maximum absolute atomic E-state index is 11.0. The third kappa shape index (κ3) is 5.80. The number of allylic oxidation sites excluding steroid dienone is 1. The molecule has 0 fully saturated rings. The lowest BCUT2D eigenvalue weighted by Crippen LogP contribution is -2.05. The van der Waals surface area contributed by atoms with E-state index >= 15 is 0 Å². The molecule has 0 rings (SSSR count). The van der Waals surface area contributed by atoms with Crippen molar-refractivity contribution in [2.75, 3.05) is 0 Å². The number of hydrogen-bond acceptors (Lipinski definition) is 3. The number of carboxylic acids is 1. The van der Waals surface area contributed by atoms with E-state index in [2.05, 4.69) is 17.0 Å². The van der Waals surface area contributed by atoms with Crippen molar-refractivity contribution in [1.82, 2.24) is 0 Å². The molecule has 0 bridgehead atoms. The predicted octanol–water partition coefficient (Wildman–Crippen LogP) is 1.64. The van der Waals surface area contributed by atoms with Crippen LogP contribution >= 0.6 is 0 Å². The second-order valence-corrected chi connectivity index (χ2v) is 2.48. The van der Waals surface area contributed by atoms with E-state index < -0.39 is 11.9 Å². The fraction of sp³-hybridized carbons (Fsp3) is 0.300. The Morgan fingerprint density at radius 3 is 2.64 bits per heavy atom. The topological polar surface area (TPSA) is 63.6 Å². The molecule has 76 valence electrons. The average molecular weight is 196 g/mol. The molecule has 0 amide bonds. The van der Waals surface area contributed by atoms with Gasteiger partial charge in [-0.2, -0.15) is 0 Å². The SMILES string of the molecule is C=C(CCC(=O)O)C(=O)OC=C=CC. The largest absolute Gasteiger partial charge is 0.481 e. The highest BCUT2D eigenvalue weighted by atomic mass is 16.5. The molecule has 0 aliphatic rings. The zero-order valence-corrected chi connectivity index (χ0v) is 7.95. The van der Waals surface area contributed by atoms with Gasteiger partial charge >= 0.3 is 11.9 Å². The van der Waals surface area contributed by atoms with Gasteiger partial charge in [0.1, 0.15) is 6.26 Å². The summed E-state index contributed by atoms with van der Waals surface area (Å²) >= 11 is 0. The van der Waals surface area contributed by atoms with E-state index in [-0.39, 0.29) is 18.4 Å². The summed E-state index contributed by atoms with van der Waals surface area (Å²) in [4.78, 5) is 21.2. The molecule has 4 nitrogen and oxygen atoms in total. The van der Waals surface area contributed by atoms with Crippen LogP contribution in [0.2, 0.25) is 0 Å². The highest BCUT2D eigenvalue weighted by molar-refractivity contribution is 5.88. The Labute approximate surface area is 82.2 Å². The summed E-state index contributed by atoms with van der Waals surface area (Å²) in [6.45, 7) is 5.14. The van der Waals surface area contributed by atoms with Gasteiger partial charge in [-0.3, -0.25) is 4.79 Å².